The molecule has 3 rings (SSSR count). The normalized spacial score (nSPS) is 15.2. The van der Waals surface area contributed by atoms with E-state index < -0.39 is 17.6 Å². The van der Waals surface area contributed by atoms with Crippen LogP contribution in [0.2, 0.25) is 0 Å². The summed E-state index contributed by atoms with van der Waals surface area (Å²) in [6.07, 6.45) is -0.821. The van der Waals surface area contributed by atoms with Crippen LogP contribution in [-0.2, 0) is 6.18 Å². The van der Waals surface area contributed by atoms with E-state index in [0.717, 1.165) is 31.8 Å². The van der Waals surface area contributed by atoms with Crippen molar-refractivity contribution in [1.82, 2.24) is 4.90 Å². The van der Waals surface area contributed by atoms with Crippen LogP contribution in [0.4, 0.5) is 18.9 Å². The van der Waals surface area contributed by atoms with Crippen molar-refractivity contribution in [2.45, 2.75) is 25.4 Å². The van der Waals surface area contributed by atoms with Gasteiger partial charge in [0.1, 0.15) is 12.4 Å². The molecule has 0 saturated carbocycles. The quantitative estimate of drug-likeness (QED) is 0.766. The Morgan fingerprint density at radius 1 is 1.04 bits per heavy atom. The predicted molar refractivity (Wildman–Crippen MR) is 102 cm³/mol. The maximum absolute atomic E-state index is 12.8. The predicted octanol–water partition coefficient (Wildman–Crippen LogP) is 4.82. The molecular weight excluding hydrogens is 369 g/mol. The van der Waals surface area contributed by atoms with E-state index in [0.29, 0.717) is 17.9 Å². The van der Waals surface area contributed by atoms with Crippen LogP contribution in [0, 0.1) is 0 Å². The second-order valence-corrected chi connectivity index (χ2v) is 6.78. The molecule has 1 N–H and O–H groups in total. The standard InChI is InChI=1S/C21H23F3N2O2/c22-21(23,24)16-7-6-8-17(15-16)25-20(27)18-9-2-3-10-19(18)28-14-13-26-11-4-1-5-12-26/h2-3,6-10,15H,1,4-5,11-14H2,(H,25,27). The van der Waals surface area contributed by atoms with E-state index >= 15 is 0 Å². The minimum absolute atomic E-state index is 0.0861. The van der Waals surface area contributed by atoms with E-state index in [4.69, 9.17) is 4.74 Å². The molecule has 7 heteroatoms. The Hall–Kier alpha value is -2.54. The number of hydrogen-bond acceptors (Lipinski definition) is 3. The number of benzene rings is 2. The van der Waals surface area contributed by atoms with Crippen molar-refractivity contribution in [3.05, 3.63) is 59.7 Å². The zero-order valence-electron chi connectivity index (χ0n) is 15.5. The van der Waals surface area contributed by atoms with Gasteiger partial charge in [0.15, 0.2) is 0 Å². The molecule has 1 fully saturated rings. The number of likely N-dealkylation sites (tertiary alicyclic amines) is 1. The molecule has 0 aliphatic carbocycles. The molecule has 150 valence electrons. The average molecular weight is 392 g/mol. The average Bonchev–Trinajstić information content (AvgIpc) is 2.69. The second kappa shape index (κ2) is 9.10. The Morgan fingerprint density at radius 3 is 2.54 bits per heavy atom. The van der Waals surface area contributed by atoms with Crippen LogP contribution >= 0.6 is 0 Å². The largest absolute Gasteiger partial charge is 0.491 e. The molecule has 0 bridgehead atoms. The molecule has 1 amide bonds. The van der Waals surface area contributed by atoms with Crippen molar-refractivity contribution in [2.75, 3.05) is 31.6 Å². The summed E-state index contributed by atoms with van der Waals surface area (Å²) in [4.78, 5) is 14.9. The summed E-state index contributed by atoms with van der Waals surface area (Å²) in [5.74, 6) is -0.0862. The lowest BCUT2D eigenvalue weighted by atomic mass is 10.1. The number of para-hydroxylation sites is 1. The number of hydrogen-bond donors (Lipinski definition) is 1. The first kappa shape index (κ1) is 20.2. The summed E-state index contributed by atoms with van der Waals surface area (Å²) in [5, 5.41) is 2.52. The topological polar surface area (TPSA) is 41.6 Å². The highest BCUT2D eigenvalue weighted by Crippen LogP contribution is 2.31. The van der Waals surface area contributed by atoms with Gasteiger partial charge in [-0.25, -0.2) is 0 Å². The van der Waals surface area contributed by atoms with Crippen molar-refractivity contribution < 1.29 is 22.7 Å². The molecule has 0 atom stereocenters. The number of anilines is 1. The third-order valence-electron chi connectivity index (χ3n) is 4.69. The van der Waals surface area contributed by atoms with Gasteiger partial charge in [0, 0.05) is 12.2 Å². The van der Waals surface area contributed by atoms with Crippen LogP contribution < -0.4 is 10.1 Å². The van der Waals surface area contributed by atoms with Crippen LogP contribution in [0.1, 0.15) is 35.2 Å². The number of alkyl halides is 3. The molecule has 2 aromatic carbocycles. The van der Waals surface area contributed by atoms with Gasteiger partial charge in [-0.3, -0.25) is 9.69 Å². The van der Waals surface area contributed by atoms with Crippen LogP contribution in [0.5, 0.6) is 5.75 Å². The number of amides is 1. The molecule has 0 aromatic heterocycles. The molecule has 1 saturated heterocycles. The van der Waals surface area contributed by atoms with E-state index in [1.54, 1.807) is 24.3 Å². The van der Waals surface area contributed by atoms with E-state index in [-0.39, 0.29) is 5.69 Å². The molecule has 0 unspecified atom stereocenters. The Balaban J connectivity index is 1.64. The van der Waals surface area contributed by atoms with Gasteiger partial charge in [-0.1, -0.05) is 24.6 Å². The van der Waals surface area contributed by atoms with Gasteiger partial charge in [-0.15, -0.1) is 0 Å². The summed E-state index contributed by atoms with van der Waals surface area (Å²) >= 11 is 0. The van der Waals surface area contributed by atoms with Gasteiger partial charge in [-0.2, -0.15) is 13.2 Å². The molecule has 1 heterocycles. The fraction of sp³-hybridized carbons (Fsp3) is 0.381. The Labute approximate surface area is 162 Å². The second-order valence-electron chi connectivity index (χ2n) is 6.78. The fourth-order valence-corrected chi connectivity index (χ4v) is 3.22. The number of rotatable bonds is 6. The van der Waals surface area contributed by atoms with Crippen LogP contribution in [0.15, 0.2) is 48.5 Å². The minimum atomic E-state index is -4.46. The van der Waals surface area contributed by atoms with Gasteiger partial charge in [0.25, 0.3) is 5.91 Å². The Morgan fingerprint density at radius 2 is 1.79 bits per heavy atom. The third kappa shape index (κ3) is 5.48. The first-order valence-electron chi connectivity index (χ1n) is 9.36. The number of ether oxygens (including phenoxy) is 1. The number of nitrogens with one attached hydrogen (secondary N) is 1. The molecule has 1 aliphatic rings. The smallest absolute Gasteiger partial charge is 0.416 e. The number of carbonyl (C=O) groups is 1. The minimum Gasteiger partial charge on any atom is -0.491 e. The van der Waals surface area contributed by atoms with E-state index in [2.05, 4.69) is 10.2 Å². The maximum Gasteiger partial charge on any atom is 0.416 e. The summed E-state index contributed by atoms with van der Waals surface area (Å²) in [5.41, 5.74) is -0.433. The van der Waals surface area contributed by atoms with Crippen LogP contribution in [0.3, 0.4) is 0 Å². The summed E-state index contributed by atoms with van der Waals surface area (Å²) in [6, 6.07) is 11.3. The first-order valence-corrected chi connectivity index (χ1v) is 9.36. The maximum atomic E-state index is 12.8. The van der Waals surface area contributed by atoms with Gasteiger partial charge < -0.3 is 10.1 Å². The highest BCUT2D eigenvalue weighted by molar-refractivity contribution is 6.06. The SMILES string of the molecule is O=C(Nc1cccc(C(F)(F)F)c1)c1ccccc1OCCN1CCCCC1. The van der Waals surface area contributed by atoms with Gasteiger partial charge >= 0.3 is 6.18 Å². The van der Waals surface area contributed by atoms with Crippen molar-refractivity contribution in [3.63, 3.8) is 0 Å². The lowest BCUT2D eigenvalue weighted by molar-refractivity contribution is -0.137. The summed E-state index contributed by atoms with van der Waals surface area (Å²) in [6.45, 7) is 3.35. The summed E-state index contributed by atoms with van der Waals surface area (Å²) < 4.78 is 44.3. The number of piperidine rings is 1. The van der Waals surface area contributed by atoms with Gasteiger partial charge in [0.2, 0.25) is 0 Å². The third-order valence-corrected chi connectivity index (χ3v) is 4.69. The van der Waals surface area contributed by atoms with Crippen molar-refractivity contribution >= 4 is 11.6 Å². The molecule has 4 nitrogen and oxygen atoms in total. The lowest BCUT2D eigenvalue weighted by Crippen LogP contribution is -2.33. The zero-order chi connectivity index (χ0) is 20.0. The zero-order valence-corrected chi connectivity index (χ0v) is 15.5. The molecular formula is C21H23F3N2O2. The Bertz CT molecular complexity index is 802. The first-order chi connectivity index (χ1) is 13.4. The van der Waals surface area contributed by atoms with Crippen molar-refractivity contribution in [3.8, 4) is 5.75 Å². The van der Waals surface area contributed by atoms with Crippen molar-refractivity contribution in [2.24, 2.45) is 0 Å². The highest BCUT2D eigenvalue weighted by Gasteiger charge is 2.30. The van der Waals surface area contributed by atoms with Gasteiger partial charge in [-0.05, 0) is 56.3 Å². The van der Waals surface area contributed by atoms with E-state index in [1.807, 2.05) is 0 Å². The van der Waals surface area contributed by atoms with E-state index in [9.17, 15) is 18.0 Å². The summed E-state index contributed by atoms with van der Waals surface area (Å²) in [7, 11) is 0. The lowest BCUT2D eigenvalue weighted by Gasteiger charge is -2.26. The van der Waals surface area contributed by atoms with Crippen molar-refractivity contribution in [1.29, 1.82) is 0 Å². The molecule has 1 aliphatic heterocycles. The van der Waals surface area contributed by atoms with E-state index in [1.165, 1.54) is 31.4 Å². The van der Waals surface area contributed by atoms with Crippen LogP contribution in [-0.4, -0.2) is 37.0 Å². The monoisotopic (exact) mass is 392 g/mol. The molecule has 0 spiro atoms. The number of halogens is 3. The molecule has 28 heavy (non-hydrogen) atoms. The van der Waals surface area contributed by atoms with Crippen LogP contribution in [0.25, 0.3) is 0 Å². The molecule has 0 radical (unpaired) electrons. The Kier molecular flexibility index (Phi) is 6.57. The fourth-order valence-electron chi connectivity index (χ4n) is 3.22. The highest BCUT2D eigenvalue weighted by atomic mass is 19.4. The van der Waals surface area contributed by atoms with Gasteiger partial charge in [0.05, 0.1) is 11.1 Å². The number of nitrogens with zero attached hydrogens (tertiary/aromatic N) is 1. The number of carbonyl (C=O) groups excluding carboxylic acids is 1. The molecule has 2 aromatic rings.